The number of nitrogen functional groups attached to an aromatic ring is 1. The highest BCUT2D eigenvalue weighted by molar-refractivity contribution is 6.35. The Labute approximate surface area is 122 Å². The third kappa shape index (κ3) is 2.89. The first kappa shape index (κ1) is 14.3. The first-order valence-corrected chi connectivity index (χ1v) is 6.06. The van der Waals surface area contributed by atoms with Gasteiger partial charge in [-0.05, 0) is 6.07 Å². The number of carboxylic acids is 1. The van der Waals surface area contributed by atoms with E-state index in [4.69, 9.17) is 34.0 Å². The average Bonchev–Trinajstić information content (AvgIpc) is 2.33. The molecule has 0 aliphatic carbocycles. The zero-order valence-electron chi connectivity index (χ0n) is 9.85. The normalized spacial score (nSPS) is 10.5. The van der Waals surface area contributed by atoms with E-state index in [0.29, 0.717) is 5.02 Å². The molecular weight excluding hydrogens is 307 g/mol. The number of hydrogen-bond donors (Lipinski definition) is 3. The van der Waals surface area contributed by atoms with Crippen molar-refractivity contribution in [1.29, 1.82) is 0 Å². The second kappa shape index (κ2) is 5.48. The maximum atomic E-state index is 11.8. The minimum Gasteiger partial charge on any atom is -0.481 e. The molecule has 2 aromatic heterocycles. The highest BCUT2D eigenvalue weighted by Gasteiger charge is 2.15. The Morgan fingerprint density at radius 3 is 2.70 bits per heavy atom. The van der Waals surface area contributed by atoms with E-state index in [1.165, 1.54) is 12.3 Å². The molecule has 20 heavy (non-hydrogen) atoms. The van der Waals surface area contributed by atoms with Gasteiger partial charge in [-0.25, -0.2) is 9.97 Å². The SMILES string of the molecule is Nc1nc(-c2ncc(Cl)cc2Cl)[nH]c(=O)c1CC(=O)O. The fourth-order valence-corrected chi connectivity index (χ4v) is 2.01. The molecule has 0 saturated carbocycles. The lowest BCUT2D eigenvalue weighted by Gasteiger charge is -2.06. The Hall–Kier alpha value is -2.12. The van der Waals surface area contributed by atoms with Gasteiger partial charge in [-0.3, -0.25) is 9.59 Å². The Morgan fingerprint density at radius 1 is 1.45 bits per heavy atom. The van der Waals surface area contributed by atoms with Gasteiger partial charge in [-0.2, -0.15) is 0 Å². The lowest BCUT2D eigenvalue weighted by Crippen LogP contribution is -2.21. The molecule has 0 aliphatic heterocycles. The van der Waals surface area contributed by atoms with Crippen molar-refractivity contribution in [2.24, 2.45) is 0 Å². The molecule has 104 valence electrons. The number of aliphatic carboxylic acids is 1. The van der Waals surface area contributed by atoms with Crippen LogP contribution >= 0.6 is 23.2 Å². The molecule has 0 saturated heterocycles. The summed E-state index contributed by atoms with van der Waals surface area (Å²) < 4.78 is 0. The summed E-state index contributed by atoms with van der Waals surface area (Å²) in [5.41, 5.74) is 5.02. The molecule has 0 spiro atoms. The maximum absolute atomic E-state index is 11.8. The molecule has 0 atom stereocenters. The van der Waals surface area contributed by atoms with Crippen LogP contribution in [0.3, 0.4) is 0 Å². The van der Waals surface area contributed by atoms with Gasteiger partial charge in [0.15, 0.2) is 5.82 Å². The number of nitrogens with zero attached hydrogens (tertiary/aromatic N) is 2. The van der Waals surface area contributed by atoms with Gasteiger partial charge in [0, 0.05) is 6.20 Å². The van der Waals surface area contributed by atoms with Gasteiger partial charge >= 0.3 is 5.97 Å². The zero-order chi connectivity index (χ0) is 14.9. The lowest BCUT2D eigenvalue weighted by molar-refractivity contribution is -0.136. The molecule has 0 aliphatic rings. The van der Waals surface area contributed by atoms with Gasteiger partial charge in [0.1, 0.15) is 11.5 Å². The van der Waals surface area contributed by atoms with Crippen LogP contribution in [0.2, 0.25) is 10.0 Å². The van der Waals surface area contributed by atoms with E-state index in [1.54, 1.807) is 0 Å². The van der Waals surface area contributed by atoms with Crippen molar-refractivity contribution in [1.82, 2.24) is 15.0 Å². The molecule has 4 N–H and O–H groups in total. The fourth-order valence-electron chi connectivity index (χ4n) is 1.54. The van der Waals surface area contributed by atoms with Crippen LogP contribution in [0, 0.1) is 0 Å². The first-order valence-electron chi connectivity index (χ1n) is 5.30. The number of nitrogens with one attached hydrogen (secondary N) is 1. The highest BCUT2D eigenvalue weighted by atomic mass is 35.5. The van der Waals surface area contributed by atoms with Crippen LogP contribution in [0.15, 0.2) is 17.1 Å². The number of rotatable bonds is 3. The quantitative estimate of drug-likeness (QED) is 0.786. The summed E-state index contributed by atoms with van der Waals surface area (Å²) in [6.07, 6.45) is 0.820. The van der Waals surface area contributed by atoms with Crippen LogP contribution < -0.4 is 11.3 Å². The number of halogens is 2. The van der Waals surface area contributed by atoms with Gasteiger partial charge in [-0.15, -0.1) is 0 Å². The third-order valence-corrected chi connectivity index (χ3v) is 2.90. The second-order valence-corrected chi connectivity index (χ2v) is 4.68. The summed E-state index contributed by atoms with van der Waals surface area (Å²) in [5, 5.41) is 9.21. The van der Waals surface area contributed by atoms with E-state index in [1.807, 2.05) is 0 Å². The number of pyridine rings is 1. The smallest absolute Gasteiger partial charge is 0.308 e. The number of aromatic amines is 1. The number of aromatic nitrogens is 3. The van der Waals surface area contributed by atoms with E-state index < -0.39 is 17.9 Å². The van der Waals surface area contributed by atoms with Crippen LogP contribution in [-0.4, -0.2) is 26.0 Å². The monoisotopic (exact) mass is 314 g/mol. The van der Waals surface area contributed by atoms with Crippen molar-refractivity contribution in [2.75, 3.05) is 5.73 Å². The minimum absolute atomic E-state index is 0.0447. The van der Waals surface area contributed by atoms with Gasteiger partial charge in [-0.1, -0.05) is 23.2 Å². The van der Waals surface area contributed by atoms with Gasteiger partial charge in [0.2, 0.25) is 0 Å². The standard InChI is InChI=1S/C11H8Cl2N4O3/c12-4-1-6(13)8(15-3-4)10-16-9(14)5(2-7(18)19)11(20)17-10/h1,3H,2H2,(H,18,19)(H3,14,16,17,20). The van der Waals surface area contributed by atoms with E-state index in [-0.39, 0.29) is 27.9 Å². The molecule has 7 nitrogen and oxygen atoms in total. The molecule has 0 unspecified atom stereocenters. The van der Waals surface area contributed by atoms with Crippen LogP contribution in [-0.2, 0) is 11.2 Å². The van der Waals surface area contributed by atoms with Crippen LogP contribution in [0.4, 0.5) is 5.82 Å². The van der Waals surface area contributed by atoms with Crippen molar-refractivity contribution >= 4 is 35.0 Å². The number of nitrogens with two attached hydrogens (primary N) is 1. The summed E-state index contributed by atoms with van der Waals surface area (Å²) in [6, 6.07) is 1.44. The van der Waals surface area contributed by atoms with Gasteiger partial charge < -0.3 is 15.8 Å². The fraction of sp³-hybridized carbons (Fsp3) is 0.0909. The van der Waals surface area contributed by atoms with E-state index in [0.717, 1.165) is 0 Å². The van der Waals surface area contributed by atoms with E-state index in [2.05, 4.69) is 15.0 Å². The third-order valence-electron chi connectivity index (χ3n) is 2.41. The number of anilines is 1. The predicted octanol–water partition coefficient (Wildman–Crippen LogP) is 1.35. The Balaban J connectivity index is 2.55. The summed E-state index contributed by atoms with van der Waals surface area (Å²) in [6.45, 7) is 0. The molecule has 0 amide bonds. The molecule has 2 aromatic rings. The molecule has 0 fully saturated rings. The minimum atomic E-state index is -1.18. The van der Waals surface area contributed by atoms with Crippen LogP contribution in [0.25, 0.3) is 11.5 Å². The number of carboxylic acid groups (broad SMARTS) is 1. The second-order valence-electron chi connectivity index (χ2n) is 3.83. The van der Waals surface area contributed by atoms with Crippen molar-refractivity contribution < 1.29 is 9.90 Å². The number of H-pyrrole nitrogens is 1. The topological polar surface area (TPSA) is 122 Å². The van der Waals surface area contributed by atoms with Crippen molar-refractivity contribution in [3.05, 3.63) is 38.2 Å². The first-order chi connectivity index (χ1) is 9.38. The number of carbonyl (C=O) groups is 1. The Morgan fingerprint density at radius 2 is 2.15 bits per heavy atom. The molecule has 0 bridgehead atoms. The number of hydrogen-bond acceptors (Lipinski definition) is 5. The van der Waals surface area contributed by atoms with Gasteiger partial charge in [0.25, 0.3) is 5.56 Å². The molecule has 2 heterocycles. The van der Waals surface area contributed by atoms with Crippen molar-refractivity contribution in [3.8, 4) is 11.5 Å². The molecule has 9 heteroatoms. The average molecular weight is 315 g/mol. The maximum Gasteiger partial charge on any atom is 0.308 e. The summed E-state index contributed by atoms with van der Waals surface area (Å²) >= 11 is 11.7. The predicted molar refractivity (Wildman–Crippen MR) is 73.9 cm³/mol. The van der Waals surface area contributed by atoms with Gasteiger partial charge in [0.05, 0.1) is 22.0 Å². The van der Waals surface area contributed by atoms with Crippen molar-refractivity contribution in [2.45, 2.75) is 6.42 Å². The van der Waals surface area contributed by atoms with Crippen molar-refractivity contribution in [3.63, 3.8) is 0 Å². The zero-order valence-corrected chi connectivity index (χ0v) is 11.4. The Bertz CT molecular complexity index is 745. The molecule has 0 aromatic carbocycles. The largest absolute Gasteiger partial charge is 0.481 e. The highest BCUT2D eigenvalue weighted by Crippen LogP contribution is 2.25. The van der Waals surface area contributed by atoms with Crippen LogP contribution in [0.5, 0.6) is 0 Å². The lowest BCUT2D eigenvalue weighted by atomic mass is 10.2. The van der Waals surface area contributed by atoms with Crippen LogP contribution in [0.1, 0.15) is 5.56 Å². The van der Waals surface area contributed by atoms with E-state index in [9.17, 15) is 9.59 Å². The molecule has 0 radical (unpaired) electrons. The van der Waals surface area contributed by atoms with E-state index >= 15 is 0 Å². The summed E-state index contributed by atoms with van der Waals surface area (Å²) in [4.78, 5) is 32.7. The summed E-state index contributed by atoms with van der Waals surface area (Å²) in [7, 11) is 0. The molecule has 2 rings (SSSR count). The molecular formula is C11H8Cl2N4O3. The summed E-state index contributed by atoms with van der Waals surface area (Å²) in [5.74, 6) is -1.32. The Kier molecular flexibility index (Phi) is 3.91.